The first kappa shape index (κ1) is 17.3. The molecule has 1 atom stereocenters. The SMILES string of the molecule is COc1ccc2c(C(CC[Si](C)(C)C)C(=O)O)cc(=O)oc2c1. The van der Waals surface area contributed by atoms with E-state index in [9.17, 15) is 14.7 Å². The molecule has 0 aliphatic rings. The van der Waals surface area contributed by atoms with Gasteiger partial charge in [-0.15, -0.1) is 0 Å². The van der Waals surface area contributed by atoms with Crippen molar-refractivity contribution in [3.8, 4) is 5.75 Å². The van der Waals surface area contributed by atoms with E-state index in [1.165, 1.54) is 13.2 Å². The van der Waals surface area contributed by atoms with Crippen LogP contribution in [0.25, 0.3) is 11.0 Å². The molecule has 0 fully saturated rings. The fraction of sp³-hybridized carbons (Fsp3) is 0.412. The van der Waals surface area contributed by atoms with Gasteiger partial charge < -0.3 is 14.3 Å². The van der Waals surface area contributed by atoms with Crippen molar-refractivity contribution in [3.63, 3.8) is 0 Å². The molecule has 1 aromatic heterocycles. The first-order valence-electron chi connectivity index (χ1n) is 7.56. The summed E-state index contributed by atoms with van der Waals surface area (Å²) in [5, 5.41) is 10.3. The first-order valence-corrected chi connectivity index (χ1v) is 11.3. The van der Waals surface area contributed by atoms with E-state index in [2.05, 4.69) is 19.6 Å². The maximum absolute atomic E-state index is 11.8. The van der Waals surface area contributed by atoms with Crippen LogP contribution in [-0.2, 0) is 4.79 Å². The van der Waals surface area contributed by atoms with Gasteiger partial charge in [-0.2, -0.15) is 0 Å². The summed E-state index contributed by atoms with van der Waals surface area (Å²) < 4.78 is 10.3. The number of carbonyl (C=O) groups is 1. The third-order valence-electron chi connectivity index (χ3n) is 3.84. The van der Waals surface area contributed by atoms with Gasteiger partial charge in [0.1, 0.15) is 11.3 Å². The number of hydrogen-bond acceptors (Lipinski definition) is 4. The van der Waals surface area contributed by atoms with Crippen molar-refractivity contribution in [2.24, 2.45) is 0 Å². The average Bonchev–Trinajstić information content (AvgIpc) is 2.44. The van der Waals surface area contributed by atoms with E-state index in [1.807, 2.05) is 0 Å². The van der Waals surface area contributed by atoms with Crippen molar-refractivity contribution in [3.05, 3.63) is 40.2 Å². The number of aliphatic carboxylic acids is 1. The molecule has 124 valence electrons. The largest absolute Gasteiger partial charge is 0.497 e. The summed E-state index contributed by atoms with van der Waals surface area (Å²) in [5.74, 6) is -1.06. The van der Waals surface area contributed by atoms with E-state index in [0.717, 1.165) is 6.04 Å². The molecule has 23 heavy (non-hydrogen) atoms. The standard InChI is InChI=1S/C17H22O5Si/c1-21-11-5-6-12-14(10-16(18)22-15(12)9-11)13(17(19)20)7-8-23(2,3)4/h5-6,9-10,13H,7-8H2,1-4H3,(H,19,20). The Hall–Kier alpha value is -2.08. The van der Waals surface area contributed by atoms with Gasteiger partial charge in [0.05, 0.1) is 13.0 Å². The number of hydrogen-bond donors (Lipinski definition) is 1. The Morgan fingerprint density at radius 1 is 1.30 bits per heavy atom. The summed E-state index contributed by atoms with van der Waals surface area (Å²) >= 11 is 0. The number of rotatable bonds is 6. The molecule has 6 heteroatoms. The van der Waals surface area contributed by atoms with Crippen molar-refractivity contribution < 1.29 is 19.1 Å². The third kappa shape index (κ3) is 4.22. The summed E-state index contributed by atoms with van der Waals surface area (Å²) in [4.78, 5) is 23.6. The lowest BCUT2D eigenvalue weighted by atomic mass is 9.94. The second-order valence-corrected chi connectivity index (χ2v) is 12.5. The minimum Gasteiger partial charge on any atom is -0.497 e. The minimum atomic E-state index is -1.38. The highest BCUT2D eigenvalue weighted by atomic mass is 28.3. The second kappa shape index (κ2) is 6.58. The number of carboxylic acids is 1. The van der Waals surface area contributed by atoms with Crippen LogP contribution in [0.3, 0.4) is 0 Å². The van der Waals surface area contributed by atoms with Crippen molar-refractivity contribution in [2.75, 3.05) is 7.11 Å². The lowest BCUT2D eigenvalue weighted by Gasteiger charge is -2.20. The van der Waals surface area contributed by atoms with E-state index < -0.39 is 25.6 Å². The normalized spacial score (nSPS) is 13.0. The van der Waals surface area contributed by atoms with E-state index >= 15 is 0 Å². The van der Waals surface area contributed by atoms with Gasteiger partial charge in [-0.1, -0.05) is 25.7 Å². The first-order chi connectivity index (χ1) is 10.7. The van der Waals surface area contributed by atoms with Crippen LogP contribution in [0.15, 0.2) is 33.5 Å². The molecule has 0 amide bonds. The molecule has 0 saturated carbocycles. The van der Waals surface area contributed by atoms with Gasteiger partial charge >= 0.3 is 11.6 Å². The zero-order chi connectivity index (χ0) is 17.2. The summed E-state index contributed by atoms with van der Waals surface area (Å²) in [6.07, 6.45) is 0.523. The van der Waals surface area contributed by atoms with E-state index in [0.29, 0.717) is 28.7 Å². The summed E-state index contributed by atoms with van der Waals surface area (Å²) in [6, 6.07) is 7.28. The molecule has 0 radical (unpaired) electrons. The molecule has 0 aliphatic carbocycles. The maximum Gasteiger partial charge on any atom is 0.336 e. The monoisotopic (exact) mass is 334 g/mol. The minimum absolute atomic E-state index is 0.353. The molecular formula is C17H22O5Si. The number of ether oxygens (including phenoxy) is 1. The third-order valence-corrected chi connectivity index (χ3v) is 5.63. The zero-order valence-corrected chi connectivity index (χ0v) is 14.9. The highest BCUT2D eigenvalue weighted by Crippen LogP contribution is 2.31. The predicted molar refractivity (Wildman–Crippen MR) is 92.2 cm³/mol. The molecular weight excluding hydrogens is 312 g/mol. The number of fused-ring (bicyclic) bond motifs is 1. The van der Waals surface area contributed by atoms with Gasteiger partial charge in [0, 0.05) is 25.6 Å². The van der Waals surface area contributed by atoms with E-state index in [4.69, 9.17) is 9.15 Å². The molecule has 0 bridgehead atoms. The number of methoxy groups -OCH3 is 1. The van der Waals surface area contributed by atoms with Crippen LogP contribution >= 0.6 is 0 Å². The Bertz CT molecular complexity index is 773. The van der Waals surface area contributed by atoms with Crippen LogP contribution in [0, 0.1) is 0 Å². The smallest absolute Gasteiger partial charge is 0.336 e. The van der Waals surface area contributed by atoms with Crippen LogP contribution in [0.1, 0.15) is 17.9 Å². The molecule has 0 saturated heterocycles. The fourth-order valence-corrected chi connectivity index (χ4v) is 3.73. The number of benzene rings is 1. The Kier molecular flexibility index (Phi) is 4.94. The highest BCUT2D eigenvalue weighted by Gasteiger charge is 2.26. The Morgan fingerprint density at radius 2 is 2.00 bits per heavy atom. The van der Waals surface area contributed by atoms with Crippen molar-refractivity contribution in [1.29, 1.82) is 0 Å². The maximum atomic E-state index is 11.8. The Labute approximate surface area is 135 Å². The molecule has 1 N–H and O–H groups in total. The van der Waals surface area contributed by atoms with Crippen molar-refractivity contribution in [1.82, 2.24) is 0 Å². The highest BCUT2D eigenvalue weighted by molar-refractivity contribution is 6.76. The Balaban J connectivity index is 2.54. The van der Waals surface area contributed by atoms with Crippen LogP contribution in [0.2, 0.25) is 25.7 Å². The molecule has 1 aromatic carbocycles. The van der Waals surface area contributed by atoms with E-state index in [-0.39, 0.29) is 0 Å². The second-order valence-electron chi connectivity index (χ2n) is 6.87. The number of carboxylic acid groups (broad SMARTS) is 1. The van der Waals surface area contributed by atoms with Gasteiger partial charge in [-0.05, 0) is 24.1 Å². The van der Waals surface area contributed by atoms with Crippen molar-refractivity contribution >= 4 is 25.0 Å². The van der Waals surface area contributed by atoms with Gasteiger partial charge in [0.25, 0.3) is 0 Å². The van der Waals surface area contributed by atoms with Crippen LogP contribution in [0.4, 0.5) is 0 Å². The summed E-state index contributed by atoms with van der Waals surface area (Å²) in [5.41, 5.74) is 0.329. The lowest BCUT2D eigenvalue weighted by molar-refractivity contribution is -0.138. The van der Waals surface area contributed by atoms with Gasteiger partial charge in [-0.3, -0.25) is 4.79 Å². The van der Waals surface area contributed by atoms with Gasteiger partial charge in [-0.25, -0.2) is 4.79 Å². The molecule has 0 spiro atoms. The fourth-order valence-electron chi connectivity index (χ4n) is 2.57. The summed E-state index contributed by atoms with van der Waals surface area (Å²) in [7, 11) is 0.145. The van der Waals surface area contributed by atoms with Crippen LogP contribution in [-0.4, -0.2) is 26.3 Å². The lowest BCUT2D eigenvalue weighted by Crippen LogP contribution is -2.23. The Morgan fingerprint density at radius 3 is 2.57 bits per heavy atom. The van der Waals surface area contributed by atoms with Crippen LogP contribution in [0.5, 0.6) is 5.75 Å². The topological polar surface area (TPSA) is 76.7 Å². The molecule has 2 aromatic rings. The van der Waals surface area contributed by atoms with E-state index in [1.54, 1.807) is 18.2 Å². The van der Waals surface area contributed by atoms with Gasteiger partial charge in [0.15, 0.2) is 0 Å². The van der Waals surface area contributed by atoms with Crippen molar-refractivity contribution in [2.45, 2.75) is 38.0 Å². The molecule has 0 aliphatic heterocycles. The quantitative estimate of drug-likeness (QED) is 0.644. The zero-order valence-electron chi connectivity index (χ0n) is 13.9. The molecule has 2 rings (SSSR count). The van der Waals surface area contributed by atoms with Gasteiger partial charge in [0.2, 0.25) is 0 Å². The molecule has 1 unspecified atom stereocenters. The van der Waals surface area contributed by atoms with Crippen LogP contribution < -0.4 is 10.4 Å². The molecule has 5 nitrogen and oxygen atoms in total. The summed E-state index contributed by atoms with van der Waals surface area (Å²) in [6.45, 7) is 6.61. The predicted octanol–water partition coefficient (Wildman–Crippen LogP) is 3.70. The molecule has 1 heterocycles. The average molecular weight is 334 g/mol.